The highest BCUT2D eigenvalue weighted by molar-refractivity contribution is 6.00. The summed E-state index contributed by atoms with van der Waals surface area (Å²) >= 11 is 0. The molecule has 6 nitrogen and oxygen atoms in total. The smallest absolute Gasteiger partial charge is 0.283 e. The highest BCUT2D eigenvalue weighted by Crippen LogP contribution is 2.30. The van der Waals surface area contributed by atoms with Crippen molar-refractivity contribution < 1.29 is 4.92 Å². The fourth-order valence-corrected chi connectivity index (χ4v) is 2.31. The van der Waals surface area contributed by atoms with Gasteiger partial charge in [0.15, 0.2) is 0 Å². The average Bonchev–Trinajstić information content (AvgIpc) is 2.26. The molecule has 0 fully saturated rings. The minimum absolute atomic E-state index is 0.00380. The van der Waals surface area contributed by atoms with Crippen LogP contribution in [0.15, 0.2) is 16.4 Å². The van der Waals surface area contributed by atoms with E-state index in [1.54, 1.807) is 0 Å². The van der Waals surface area contributed by atoms with Crippen molar-refractivity contribution in [3.63, 3.8) is 0 Å². The lowest BCUT2D eigenvalue weighted by Gasteiger charge is -2.36. The summed E-state index contributed by atoms with van der Waals surface area (Å²) in [6.45, 7) is 11.7. The zero-order valence-corrected chi connectivity index (χ0v) is 12.5. The van der Waals surface area contributed by atoms with Gasteiger partial charge in [0.25, 0.3) is 0 Å². The molecule has 0 radical (unpaired) electrons. The first-order chi connectivity index (χ1) is 8.68. The van der Waals surface area contributed by atoms with Crippen LogP contribution in [0.1, 0.15) is 41.5 Å². The number of nitrogens with zero attached hydrogens (tertiary/aromatic N) is 3. The fourth-order valence-electron chi connectivity index (χ4n) is 2.31. The Morgan fingerprint density at radius 1 is 1.21 bits per heavy atom. The van der Waals surface area contributed by atoms with Gasteiger partial charge in [0.2, 0.25) is 0 Å². The molecular weight excluding hydrogens is 244 g/mol. The van der Waals surface area contributed by atoms with Gasteiger partial charge in [-0.3, -0.25) is 20.1 Å². The van der Waals surface area contributed by atoms with Gasteiger partial charge >= 0.3 is 5.70 Å². The largest absolute Gasteiger partial charge is 0.311 e. The van der Waals surface area contributed by atoms with Gasteiger partial charge in [0.1, 0.15) is 17.6 Å². The van der Waals surface area contributed by atoms with Crippen molar-refractivity contribution in [1.82, 2.24) is 5.01 Å². The summed E-state index contributed by atoms with van der Waals surface area (Å²) in [6.07, 6.45) is -0.237. The van der Waals surface area contributed by atoms with Crippen LogP contribution in [0.4, 0.5) is 0 Å². The molecule has 6 heteroatoms. The maximum absolute atomic E-state index is 11.4. The molecule has 19 heavy (non-hydrogen) atoms. The van der Waals surface area contributed by atoms with E-state index in [1.165, 1.54) is 5.01 Å². The molecule has 0 bridgehead atoms. The fraction of sp³-hybridized carbons (Fsp3) is 0.769. The Morgan fingerprint density at radius 3 is 2.05 bits per heavy atom. The van der Waals surface area contributed by atoms with Crippen LogP contribution in [-0.2, 0) is 0 Å². The van der Waals surface area contributed by atoms with Crippen LogP contribution in [-0.4, -0.2) is 21.8 Å². The van der Waals surface area contributed by atoms with E-state index in [9.17, 15) is 10.1 Å². The van der Waals surface area contributed by atoms with Gasteiger partial charge in [-0.1, -0.05) is 41.5 Å². The summed E-state index contributed by atoms with van der Waals surface area (Å²) < 4.78 is 0. The van der Waals surface area contributed by atoms with Gasteiger partial charge in [-0.25, -0.2) is 5.84 Å². The number of hydrogen-bond acceptors (Lipinski definition) is 5. The summed E-state index contributed by atoms with van der Waals surface area (Å²) in [6, 6.07) is 0. The third-order valence-electron chi connectivity index (χ3n) is 3.19. The quantitative estimate of drug-likeness (QED) is 0.482. The predicted molar refractivity (Wildman–Crippen MR) is 75.8 cm³/mol. The van der Waals surface area contributed by atoms with Crippen LogP contribution in [0.3, 0.4) is 0 Å². The molecular formula is C13H24N4O2. The molecule has 1 atom stereocenters. The van der Waals surface area contributed by atoms with Gasteiger partial charge in [-0.05, 0) is 5.92 Å². The van der Waals surface area contributed by atoms with Gasteiger partial charge < -0.3 is 0 Å². The second kappa shape index (κ2) is 5.69. The first kappa shape index (κ1) is 15.6. The van der Waals surface area contributed by atoms with Crippen molar-refractivity contribution in [3.05, 3.63) is 21.5 Å². The number of nitro groups is 1. The molecule has 1 rings (SSSR count). The van der Waals surface area contributed by atoms with Crippen LogP contribution in [0, 0.1) is 27.9 Å². The van der Waals surface area contributed by atoms with Crippen molar-refractivity contribution in [1.29, 1.82) is 0 Å². The van der Waals surface area contributed by atoms with Gasteiger partial charge in [0, 0.05) is 11.8 Å². The molecule has 108 valence electrons. The summed E-state index contributed by atoms with van der Waals surface area (Å²) in [4.78, 5) is 15.5. The molecule has 0 amide bonds. The number of aliphatic imine (C=N–C) groups is 1. The van der Waals surface area contributed by atoms with Gasteiger partial charge in [-0.15, -0.1) is 0 Å². The lowest BCUT2D eigenvalue weighted by Crippen LogP contribution is -2.49. The van der Waals surface area contributed by atoms with E-state index in [4.69, 9.17) is 5.84 Å². The van der Waals surface area contributed by atoms with Crippen LogP contribution in [0.25, 0.3) is 0 Å². The average molecular weight is 268 g/mol. The SMILES string of the molecule is CC(C)C1=NC(C(C)C)N(N)C(C(C)C)=C1[N+](=O)[O-]. The molecule has 1 aliphatic rings. The second-order valence-corrected chi connectivity index (χ2v) is 5.88. The van der Waals surface area contributed by atoms with Crippen molar-refractivity contribution in [2.75, 3.05) is 0 Å². The Balaban J connectivity index is 3.47. The zero-order valence-electron chi connectivity index (χ0n) is 12.5. The second-order valence-electron chi connectivity index (χ2n) is 5.88. The maximum atomic E-state index is 11.4. The van der Waals surface area contributed by atoms with E-state index in [0.29, 0.717) is 11.4 Å². The molecule has 0 aromatic rings. The lowest BCUT2D eigenvalue weighted by molar-refractivity contribution is -0.418. The van der Waals surface area contributed by atoms with Crippen molar-refractivity contribution in [3.8, 4) is 0 Å². The van der Waals surface area contributed by atoms with Crippen molar-refractivity contribution in [2.45, 2.75) is 47.7 Å². The molecule has 0 aromatic carbocycles. The summed E-state index contributed by atoms with van der Waals surface area (Å²) in [5.74, 6) is 6.26. The minimum atomic E-state index is -0.357. The molecule has 1 aliphatic heterocycles. The van der Waals surface area contributed by atoms with Crippen LogP contribution < -0.4 is 5.84 Å². The lowest BCUT2D eigenvalue weighted by atomic mass is 9.95. The van der Waals surface area contributed by atoms with E-state index in [1.807, 2.05) is 41.5 Å². The standard InChI is InChI=1S/C13H24N4O2/c1-7(2)10-12(17(18)19)11(8(3)4)16(14)13(15-10)9(5)6/h7-9,13H,14H2,1-6H3. The van der Waals surface area contributed by atoms with Crippen molar-refractivity contribution >= 4 is 5.71 Å². The van der Waals surface area contributed by atoms with Crippen LogP contribution in [0.5, 0.6) is 0 Å². The maximum Gasteiger partial charge on any atom is 0.311 e. The minimum Gasteiger partial charge on any atom is -0.283 e. The highest BCUT2D eigenvalue weighted by atomic mass is 16.6. The zero-order chi connectivity index (χ0) is 14.9. The molecule has 0 saturated heterocycles. The van der Waals surface area contributed by atoms with E-state index < -0.39 is 0 Å². The van der Waals surface area contributed by atoms with Gasteiger partial charge in [-0.2, -0.15) is 0 Å². The van der Waals surface area contributed by atoms with E-state index >= 15 is 0 Å². The molecule has 0 spiro atoms. The molecule has 1 unspecified atom stereocenters. The Morgan fingerprint density at radius 2 is 1.74 bits per heavy atom. The summed E-state index contributed by atoms with van der Waals surface area (Å²) in [5.41, 5.74) is 1.20. The normalized spacial score (nSPS) is 20.6. The Bertz CT molecular complexity index is 424. The Hall–Kier alpha value is -1.43. The summed E-state index contributed by atoms with van der Waals surface area (Å²) in [5, 5.41) is 12.9. The highest BCUT2D eigenvalue weighted by Gasteiger charge is 2.39. The van der Waals surface area contributed by atoms with Gasteiger partial charge in [0.05, 0.1) is 4.92 Å². The first-order valence-corrected chi connectivity index (χ1v) is 6.69. The first-order valence-electron chi connectivity index (χ1n) is 6.69. The Labute approximate surface area is 114 Å². The topological polar surface area (TPSA) is 84.8 Å². The molecule has 0 aromatic heterocycles. The number of hydrogen-bond donors (Lipinski definition) is 1. The molecule has 0 aliphatic carbocycles. The Kier molecular flexibility index (Phi) is 4.68. The molecule has 0 saturated carbocycles. The monoisotopic (exact) mass is 268 g/mol. The number of nitrogens with two attached hydrogens (primary N) is 1. The third kappa shape index (κ3) is 2.94. The number of rotatable bonds is 4. The molecule has 2 N–H and O–H groups in total. The predicted octanol–water partition coefficient (Wildman–Crippen LogP) is 2.40. The number of allylic oxidation sites excluding steroid dienone is 2. The van der Waals surface area contributed by atoms with E-state index in [2.05, 4.69) is 4.99 Å². The van der Waals surface area contributed by atoms with Crippen molar-refractivity contribution in [2.24, 2.45) is 28.6 Å². The van der Waals surface area contributed by atoms with E-state index in [0.717, 1.165) is 0 Å². The van der Waals surface area contributed by atoms with Crippen LogP contribution in [0.2, 0.25) is 0 Å². The van der Waals surface area contributed by atoms with E-state index in [-0.39, 0.29) is 34.5 Å². The van der Waals surface area contributed by atoms with Crippen LogP contribution >= 0.6 is 0 Å². The third-order valence-corrected chi connectivity index (χ3v) is 3.19. The summed E-state index contributed by atoms with van der Waals surface area (Å²) in [7, 11) is 0. The number of hydrazine groups is 1. The molecule has 1 heterocycles.